The number of nitrogens with two attached hydrogens (primary N) is 1. The molecule has 1 atom stereocenters. The molecular formula is C8H11N2O2P. The molecule has 1 rings (SSSR count). The maximum absolute atomic E-state index is 11.2. The number of amidine groups is 1. The zero-order chi connectivity index (χ0) is 10.1. The summed E-state index contributed by atoms with van der Waals surface area (Å²) in [5, 5.41) is 7.48. The summed E-state index contributed by atoms with van der Waals surface area (Å²) in [5.41, 5.74) is 5.78. The summed E-state index contributed by atoms with van der Waals surface area (Å²) in [7, 11) is -3.18. The van der Waals surface area contributed by atoms with Crippen molar-refractivity contribution < 1.29 is 9.46 Å². The van der Waals surface area contributed by atoms with Crippen LogP contribution in [0.25, 0.3) is 0 Å². The second-order valence-electron chi connectivity index (χ2n) is 2.84. The first kappa shape index (κ1) is 9.96. The van der Waals surface area contributed by atoms with Gasteiger partial charge in [0, 0.05) is 17.5 Å². The average molecular weight is 198 g/mol. The largest absolute Gasteiger partial charge is 0.384 e. The van der Waals surface area contributed by atoms with E-state index in [9.17, 15) is 9.46 Å². The van der Waals surface area contributed by atoms with Gasteiger partial charge in [0.1, 0.15) is 5.84 Å². The fourth-order valence-corrected chi connectivity index (χ4v) is 1.62. The number of nitrogens with one attached hydrogen (secondary N) is 1. The van der Waals surface area contributed by atoms with E-state index in [0.29, 0.717) is 10.9 Å². The van der Waals surface area contributed by atoms with Crippen LogP contribution < -0.4 is 11.0 Å². The van der Waals surface area contributed by atoms with Crippen LogP contribution in [-0.2, 0) is 4.57 Å². The van der Waals surface area contributed by atoms with Crippen LogP contribution in [0.15, 0.2) is 24.3 Å². The summed E-state index contributed by atoms with van der Waals surface area (Å²) in [6, 6.07) is 6.14. The molecule has 1 unspecified atom stereocenters. The minimum atomic E-state index is -3.18. The first-order valence-corrected chi connectivity index (χ1v) is 5.77. The minimum absolute atomic E-state index is 0.0459. The Labute approximate surface area is 76.4 Å². The molecule has 0 aliphatic heterocycles. The fraction of sp³-hybridized carbons (Fsp3) is 0.125. The van der Waals surface area contributed by atoms with Gasteiger partial charge in [0.05, 0.1) is 0 Å². The molecule has 0 radical (unpaired) electrons. The van der Waals surface area contributed by atoms with Crippen LogP contribution >= 0.6 is 7.37 Å². The lowest BCUT2D eigenvalue weighted by Gasteiger charge is -2.05. The molecule has 0 aliphatic carbocycles. The van der Waals surface area contributed by atoms with Crippen molar-refractivity contribution >= 4 is 18.5 Å². The first-order valence-electron chi connectivity index (χ1n) is 3.66. The Balaban J connectivity index is 3.08. The predicted molar refractivity (Wildman–Crippen MR) is 52.8 cm³/mol. The Kier molecular flexibility index (Phi) is 2.55. The van der Waals surface area contributed by atoms with Crippen molar-refractivity contribution in [1.29, 1.82) is 5.41 Å². The maximum Gasteiger partial charge on any atom is 0.226 e. The Morgan fingerprint density at radius 1 is 1.46 bits per heavy atom. The Morgan fingerprint density at radius 2 is 1.92 bits per heavy atom. The SMILES string of the molecule is CP(=O)(O)c1ccc(C(=N)N)cc1. The molecule has 1 aromatic rings. The van der Waals surface area contributed by atoms with E-state index in [-0.39, 0.29) is 5.84 Å². The van der Waals surface area contributed by atoms with Crippen molar-refractivity contribution in [3.05, 3.63) is 29.8 Å². The molecule has 0 saturated carbocycles. The number of benzene rings is 1. The highest BCUT2D eigenvalue weighted by molar-refractivity contribution is 7.65. The van der Waals surface area contributed by atoms with Gasteiger partial charge in [-0.05, 0) is 12.1 Å². The standard InChI is InChI=1S/C8H11N2O2P/c1-13(11,12)7-4-2-6(3-5-7)8(9)10/h2-5H,1H3,(H3,9,10)(H,11,12). The van der Waals surface area contributed by atoms with E-state index in [0.717, 1.165) is 0 Å². The van der Waals surface area contributed by atoms with E-state index in [1.54, 1.807) is 12.1 Å². The van der Waals surface area contributed by atoms with Crippen molar-refractivity contribution in [2.24, 2.45) is 5.73 Å². The van der Waals surface area contributed by atoms with E-state index >= 15 is 0 Å². The average Bonchev–Trinajstić information content (AvgIpc) is 2.03. The molecule has 5 heteroatoms. The van der Waals surface area contributed by atoms with Gasteiger partial charge in [0.15, 0.2) is 0 Å². The van der Waals surface area contributed by atoms with Gasteiger partial charge in [-0.25, -0.2) is 0 Å². The highest BCUT2D eigenvalue weighted by atomic mass is 31.2. The van der Waals surface area contributed by atoms with Gasteiger partial charge in [-0.1, -0.05) is 12.1 Å². The summed E-state index contributed by atoms with van der Waals surface area (Å²) in [6.07, 6.45) is 0. The quantitative estimate of drug-likeness (QED) is 0.367. The topological polar surface area (TPSA) is 87.2 Å². The van der Waals surface area contributed by atoms with Crippen molar-refractivity contribution in [1.82, 2.24) is 0 Å². The Hall–Kier alpha value is -1.12. The molecule has 4 nitrogen and oxygen atoms in total. The summed E-state index contributed by atoms with van der Waals surface area (Å²) >= 11 is 0. The second-order valence-corrected chi connectivity index (χ2v) is 5.11. The van der Waals surface area contributed by atoms with Crippen molar-refractivity contribution in [2.75, 3.05) is 6.66 Å². The molecule has 70 valence electrons. The molecule has 4 N–H and O–H groups in total. The van der Waals surface area contributed by atoms with E-state index in [4.69, 9.17) is 11.1 Å². The number of hydrogen-bond donors (Lipinski definition) is 3. The molecule has 0 aliphatic rings. The van der Waals surface area contributed by atoms with E-state index in [1.807, 2.05) is 0 Å². The van der Waals surface area contributed by atoms with Gasteiger partial charge < -0.3 is 10.6 Å². The number of nitrogen functional groups attached to an aromatic ring is 1. The van der Waals surface area contributed by atoms with Crippen LogP contribution in [0.3, 0.4) is 0 Å². The minimum Gasteiger partial charge on any atom is -0.384 e. The normalized spacial score (nSPS) is 14.9. The third-order valence-electron chi connectivity index (χ3n) is 1.66. The molecule has 0 saturated heterocycles. The first-order chi connectivity index (χ1) is 5.91. The molecule has 0 spiro atoms. The summed E-state index contributed by atoms with van der Waals surface area (Å²) < 4.78 is 11.2. The predicted octanol–water partition coefficient (Wildman–Crippen LogP) is 0.496. The number of rotatable bonds is 2. The van der Waals surface area contributed by atoms with Crippen LogP contribution in [-0.4, -0.2) is 17.4 Å². The highest BCUT2D eigenvalue weighted by Gasteiger charge is 2.12. The van der Waals surface area contributed by atoms with Crippen LogP contribution in [0, 0.1) is 5.41 Å². The highest BCUT2D eigenvalue weighted by Crippen LogP contribution is 2.33. The summed E-state index contributed by atoms with van der Waals surface area (Å²) in [6.45, 7) is 1.27. The molecule has 0 aromatic heterocycles. The van der Waals surface area contributed by atoms with Gasteiger partial charge in [-0.15, -0.1) is 0 Å². The van der Waals surface area contributed by atoms with Crippen LogP contribution in [0.4, 0.5) is 0 Å². The van der Waals surface area contributed by atoms with E-state index < -0.39 is 7.37 Å². The molecule has 0 amide bonds. The maximum atomic E-state index is 11.2. The van der Waals surface area contributed by atoms with Gasteiger partial charge in [0.2, 0.25) is 7.37 Å². The second kappa shape index (κ2) is 3.32. The molecule has 13 heavy (non-hydrogen) atoms. The zero-order valence-corrected chi connectivity index (χ0v) is 8.08. The van der Waals surface area contributed by atoms with Crippen molar-refractivity contribution in [3.63, 3.8) is 0 Å². The lowest BCUT2D eigenvalue weighted by Crippen LogP contribution is -2.12. The molecule has 0 fully saturated rings. The van der Waals surface area contributed by atoms with Gasteiger partial charge in [-0.2, -0.15) is 0 Å². The van der Waals surface area contributed by atoms with Crippen molar-refractivity contribution in [2.45, 2.75) is 0 Å². The molecule has 0 heterocycles. The molecule has 1 aromatic carbocycles. The zero-order valence-electron chi connectivity index (χ0n) is 7.19. The molecular weight excluding hydrogens is 187 g/mol. The third-order valence-corrected chi connectivity index (χ3v) is 2.91. The summed E-state index contributed by atoms with van der Waals surface area (Å²) in [4.78, 5) is 9.19. The van der Waals surface area contributed by atoms with Gasteiger partial charge in [-0.3, -0.25) is 9.97 Å². The van der Waals surface area contributed by atoms with Gasteiger partial charge in [0.25, 0.3) is 0 Å². The third kappa shape index (κ3) is 2.41. The van der Waals surface area contributed by atoms with Gasteiger partial charge >= 0.3 is 0 Å². The van der Waals surface area contributed by atoms with Crippen molar-refractivity contribution in [3.8, 4) is 0 Å². The fourth-order valence-electron chi connectivity index (χ4n) is 0.918. The van der Waals surface area contributed by atoms with Crippen LogP contribution in [0.2, 0.25) is 0 Å². The monoisotopic (exact) mass is 198 g/mol. The van der Waals surface area contributed by atoms with E-state index in [1.165, 1.54) is 18.8 Å². The van der Waals surface area contributed by atoms with E-state index in [2.05, 4.69) is 0 Å². The Bertz CT molecular complexity index is 366. The lowest BCUT2D eigenvalue weighted by atomic mass is 10.2. The van der Waals surface area contributed by atoms with Crippen LogP contribution in [0.1, 0.15) is 5.56 Å². The Morgan fingerprint density at radius 3 is 2.23 bits per heavy atom. The summed E-state index contributed by atoms with van der Waals surface area (Å²) in [5.74, 6) is -0.0459. The van der Waals surface area contributed by atoms with Crippen LogP contribution in [0.5, 0.6) is 0 Å². The smallest absolute Gasteiger partial charge is 0.226 e. The number of hydrogen-bond acceptors (Lipinski definition) is 2. The molecule has 0 bridgehead atoms. The lowest BCUT2D eigenvalue weighted by molar-refractivity contribution is 0.496.